The van der Waals surface area contributed by atoms with Crippen LogP contribution in [0.4, 0.5) is 5.69 Å². The monoisotopic (exact) mass is 334 g/mol. The van der Waals surface area contributed by atoms with Crippen LogP contribution in [0.3, 0.4) is 0 Å². The average Bonchev–Trinajstić information content (AvgIpc) is 2.55. The molecule has 7 nitrogen and oxygen atoms in total. The molecule has 1 saturated heterocycles. The minimum atomic E-state index is -0.964. The molecule has 0 radical (unpaired) electrons. The van der Waals surface area contributed by atoms with Gasteiger partial charge in [-0.15, -0.1) is 0 Å². The molecular formula is C17H22N2O5. The van der Waals surface area contributed by atoms with Crippen molar-refractivity contribution in [2.75, 3.05) is 25.1 Å². The van der Waals surface area contributed by atoms with Crippen molar-refractivity contribution in [1.29, 1.82) is 0 Å². The zero-order valence-electron chi connectivity index (χ0n) is 13.6. The average molecular weight is 334 g/mol. The third kappa shape index (κ3) is 4.79. The van der Waals surface area contributed by atoms with Crippen LogP contribution in [0.25, 0.3) is 0 Å². The van der Waals surface area contributed by atoms with Crippen molar-refractivity contribution in [3.05, 3.63) is 29.8 Å². The zero-order chi connectivity index (χ0) is 17.6. The highest BCUT2D eigenvalue weighted by atomic mass is 16.5. The van der Waals surface area contributed by atoms with Crippen LogP contribution in [0.2, 0.25) is 0 Å². The van der Waals surface area contributed by atoms with E-state index in [1.165, 1.54) is 0 Å². The largest absolute Gasteiger partial charge is 0.481 e. The summed E-state index contributed by atoms with van der Waals surface area (Å²) in [6.07, 6.45) is 1.52. The minimum Gasteiger partial charge on any atom is -0.481 e. The maximum absolute atomic E-state index is 12.4. The fraction of sp³-hybridized carbons (Fsp3) is 0.471. The maximum Gasteiger partial charge on any atom is 0.305 e. The smallest absolute Gasteiger partial charge is 0.305 e. The van der Waals surface area contributed by atoms with Gasteiger partial charge in [0, 0.05) is 24.4 Å². The number of benzene rings is 1. The van der Waals surface area contributed by atoms with Crippen LogP contribution >= 0.6 is 0 Å². The Hall–Kier alpha value is -2.41. The van der Waals surface area contributed by atoms with Crippen LogP contribution < -0.4 is 10.6 Å². The van der Waals surface area contributed by atoms with E-state index >= 15 is 0 Å². The summed E-state index contributed by atoms with van der Waals surface area (Å²) in [5.74, 6) is -1.41. The van der Waals surface area contributed by atoms with Gasteiger partial charge >= 0.3 is 5.97 Å². The van der Waals surface area contributed by atoms with Crippen molar-refractivity contribution in [1.82, 2.24) is 5.32 Å². The number of carbonyl (C=O) groups excluding carboxylic acids is 2. The van der Waals surface area contributed by atoms with Crippen LogP contribution in [0.15, 0.2) is 24.3 Å². The molecule has 1 fully saturated rings. The lowest BCUT2D eigenvalue weighted by Gasteiger charge is -2.31. The van der Waals surface area contributed by atoms with Crippen LogP contribution in [-0.2, 0) is 14.3 Å². The summed E-state index contributed by atoms with van der Waals surface area (Å²) < 4.78 is 5.39. The van der Waals surface area contributed by atoms with Gasteiger partial charge in [-0.2, -0.15) is 0 Å². The number of anilines is 1. The highest BCUT2D eigenvalue weighted by molar-refractivity contribution is 5.97. The third-order valence-electron chi connectivity index (χ3n) is 4.02. The van der Waals surface area contributed by atoms with E-state index in [1.54, 1.807) is 24.3 Å². The van der Waals surface area contributed by atoms with Crippen molar-refractivity contribution in [2.24, 2.45) is 5.41 Å². The van der Waals surface area contributed by atoms with Crippen molar-refractivity contribution in [3.63, 3.8) is 0 Å². The van der Waals surface area contributed by atoms with Crippen LogP contribution in [0, 0.1) is 5.41 Å². The molecule has 0 aliphatic carbocycles. The molecule has 7 heteroatoms. The number of hydrogen-bond acceptors (Lipinski definition) is 4. The molecule has 1 atom stereocenters. The van der Waals surface area contributed by atoms with Crippen LogP contribution in [0.1, 0.15) is 36.5 Å². The summed E-state index contributed by atoms with van der Waals surface area (Å²) >= 11 is 0. The third-order valence-corrected chi connectivity index (χ3v) is 4.02. The molecule has 0 bridgehead atoms. The van der Waals surface area contributed by atoms with Crippen molar-refractivity contribution in [2.45, 2.75) is 26.2 Å². The Balaban J connectivity index is 1.90. The molecule has 24 heavy (non-hydrogen) atoms. The quantitative estimate of drug-likeness (QED) is 0.733. The number of ether oxygens (including phenoxy) is 1. The van der Waals surface area contributed by atoms with E-state index in [4.69, 9.17) is 9.84 Å². The Morgan fingerprint density at radius 2 is 1.96 bits per heavy atom. The topological polar surface area (TPSA) is 105 Å². The van der Waals surface area contributed by atoms with Gasteiger partial charge < -0.3 is 20.5 Å². The van der Waals surface area contributed by atoms with Gasteiger partial charge in [-0.3, -0.25) is 14.4 Å². The molecule has 3 N–H and O–H groups in total. The predicted molar refractivity (Wildman–Crippen MR) is 87.8 cm³/mol. The number of nitrogens with one attached hydrogen (secondary N) is 2. The molecule has 1 aliphatic heterocycles. The molecule has 0 spiro atoms. The molecule has 1 aliphatic rings. The van der Waals surface area contributed by atoms with Gasteiger partial charge in [0.1, 0.15) is 0 Å². The molecule has 2 rings (SSSR count). The summed E-state index contributed by atoms with van der Waals surface area (Å²) in [6, 6.07) is 6.48. The summed E-state index contributed by atoms with van der Waals surface area (Å²) in [4.78, 5) is 34.7. The minimum absolute atomic E-state index is 0.0744. The molecule has 2 amide bonds. The Labute approximate surface area is 140 Å². The summed E-state index contributed by atoms with van der Waals surface area (Å²) in [5.41, 5.74) is 0.477. The Morgan fingerprint density at radius 1 is 1.25 bits per heavy atom. The van der Waals surface area contributed by atoms with E-state index in [9.17, 15) is 14.4 Å². The normalized spacial score (nSPS) is 20.2. The molecule has 1 aromatic carbocycles. The number of hydrogen-bond donors (Lipinski definition) is 3. The first-order valence-corrected chi connectivity index (χ1v) is 7.90. The lowest BCUT2D eigenvalue weighted by molar-refractivity contribution is -0.136. The molecular weight excluding hydrogens is 312 g/mol. The van der Waals surface area contributed by atoms with E-state index in [1.807, 2.05) is 6.92 Å². The van der Waals surface area contributed by atoms with Gasteiger partial charge in [0.15, 0.2) is 0 Å². The second-order valence-corrected chi connectivity index (χ2v) is 6.15. The first kappa shape index (κ1) is 17.9. The van der Waals surface area contributed by atoms with E-state index in [2.05, 4.69) is 10.6 Å². The Bertz CT molecular complexity index is 606. The van der Waals surface area contributed by atoms with Crippen molar-refractivity contribution >= 4 is 23.5 Å². The highest BCUT2D eigenvalue weighted by Crippen LogP contribution is 2.29. The van der Waals surface area contributed by atoms with Gasteiger partial charge in [-0.1, -0.05) is 0 Å². The van der Waals surface area contributed by atoms with Gasteiger partial charge in [0.25, 0.3) is 5.91 Å². The lowest BCUT2D eigenvalue weighted by Crippen LogP contribution is -2.40. The number of carbonyl (C=O) groups is 3. The zero-order valence-corrected chi connectivity index (χ0v) is 13.6. The SMILES string of the molecule is CC1(C(=O)Nc2ccc(C(=O)NCCC(=O)O)cc2)CCCOC1. The Kier molecular flexibility index (Phi) is 5.92. The molecule has 1 heterocycles. The van der Waals surface area contributed by atoms with Gasteiger partial charge in [-0.25, -0.2) is 0 Å². The number of amides is 2. The van der Waals surface area contributed by atoms with Crippen molar-refractivity contribution in [3.8, 4) is 0 Å². The predicted octanol–water partition coefficient (Wildman–Crippen LogP) is 1.65. The molecule has 0 saturated carbocycles. The summed E-state index contributed by atoms with van der Waals surface area (Å²) in [7, 11) is 0. The van der Waals surface area contributed by atoms with Gasteiger partial charge in [0.2, 0.25) is 5.91 Å². The fourth-order valence-corrected chi connectivity index (χ4v) is 2.49. The number of aliphatic carboxylic acids is 1. The second kappa shape index (κ2) is 7.92. The number of carboxylic acid groups (broad SMARTS) is 1. The van der Waals surface area contributed by atoms with Gasteiger partial charge in [-0.05, 0) is 44.0 Å². The standard InChI is InChI=1S/C17H22N2O5/c1-17(8-2-10-24-11-17)16(23)19-13-5-3-12(4-6-13)15(22)18-9-7-14(20)21/h3-6H,2,7-11H2,1H3,(H,18,22)(H,19,23)(H,20,21). The van der Waals surface area contributed by atoms with Gasteiger partial charge in [0.05, 0.1) is 18.4 Å². The van der Waals surface area contributed by atoms with Crippen LogP contribution in [0.5, 0.6) is 0 Å². The van der Waals surface area contributed by atoms with Crippen LogP contribution in [-0.4, -0.2) is 42.6 Å². The molecule has 1 aromatic rings. The Morgan fingerprint density at radius 3 is 2.54 bits per heavy atom. The van der Waals surface area contributed by atoms with E-state index in [-0.39, 0.29) is 24.8 Å². The van der Waals surface area contributed by atoms with E-state index < -0.39 is 11.4 Å². The fourth-order valence-electron chi connectivity index (χ4n) is 2.49. The number of carboxylic acids is 1. The van der Waals surface area contributed by atoms with E-state index in [0.717, 1.165) is 12.8 Å². The van der Waals surface area contributed by atoms with Crippen molar-refractivity contribution < 1.29 is 24.2 Å². The summed E-state index contributed by atoms with van der Waals surface area (Å²) in [5, 5.41) is 13.9. The van der Waals surface area contributed by atoms with E-state index in [0.29, 0.717) is 24.5 Å². The number of rotatable bonds is 6. The summed E-state index contributed by atoms with van der Waals surface area (Å²) in [6.45, 7) is 3.05. The molecule has 1 unspecified atom stereocenters. The molecule has 0 aromatic heterocycles. The first-order valence-electron chi connectivity index (χ1n) is 7.90. The highest BCUT2D eigenvalue weighted by Gasteiger charge is 2.35. The first-order chi connectivity index (χ1) is 11.4. The lowest BCUT2D eigenvalue weighted by atomic mass is 9.84. The molecule has 130 valence electrons. The maximum atomic E-state index is 12.4. The second-order valence-electron chi connectivity index (χ2n) is 6.15.